The second-order valence-electron chi connectivity index (χ2n) is 10.6. The average Bonchev–Trinajstić information content (AvgIpc) is 3.71. The Bertz CT molecular complexity index is 1670. The smallest absolute Gasteiger partial charge is 0.360 e. The summed E-state index contributed by atoms with van der Waals surface area (Å²) in [6, 6.07) is 12.3. The van der Waals surface area contributed by atoms with E-state index in [1.807, 2.05) is 56.3 Å². The first kappa shape index (κ1) is 24.4. The van der Waals surface area contributed by atoms with Crippen LogP contribution in [0.4, 0.5) is 5.69 Å². The van der Waals surface area contributed by atoms with Crippen LogP contribution in [0, 0.1) is 5.92 Å². The average molecular weight is 542 g/mol. The zero-order valence-corrected chi connectivity index (χ0v) is 22.1. The molecule has 5 heterocycles. The van der Waals surface area contributed by atoms with Crippen molar-refractivity contribution < 1.29 is 27.9 Å². The van der Waals surface area contributed by atoms with Crippen LogP contribution in [0.15, 0.2) is 57.6 Å². The minimum atomic E-state index is -0.989. The number of nitrogens with two attached hydrogens (primary N) is 1. The van der Waals surface area contributed by atoms with E-state index in [4.69, 9.17) is 29.0 Å². The van der Waals surface area contributed by atoms with Crippen LogP contribution in [-0.4, -0.2) is 41.2 Å². The zero-order valence-electron chi connectivity index (χ0n) is 22.1. The van der Waals surface area contributed by atoms with E-state index in [2.05, 4.69) is 15.6 Å². The van der Waals surface area contributed by atoms with Gasteiger partial charge in [-0.25, -0.2) is 14.8 Å². The van der Waals surface area contributed by atoms with Gasteiger partial charge >= 0.3 is 5.97 Å². The first-order valence-electron chi connectivity index (χ1n) is 13.1. The summed E-state index contributed by atoms with van der Waals surface area (Å²) in [5.74, 6) is 0.372. The van der Waals surface area contributed by atoms with Gasteiger partial charge in [-0.15, -0.1) is 0 Å². The first-order valence-corrected chi connectivity index (χ1v) is 13.1. The monoisotopic (exact) mass is 541 g/mol. The molecule has 0 radical (unpaired) electrons. The summed E-state index contributed by atoms with van der Waals surface area (Å²) in [6.45, 7) is 3.92. The Morgan fingerprint density at radius 3 is 2.77 bits per heavy atom. The molecule has 0 saturated carbocycles. The molecular weight excluding hydrogens is 514 g/mol. The highest BCUT2D eigenvalue weighted by Gasteiger charge is 2.61. The summed E-state index contributed by atoms with van der Waals surface area (Å²) in [5, 5.41) is 6.54. The Labute approximate surface area is 229 Å². The Kier molecular flexibility index (Phi) is 5.30. The van der Waals surface area contributed by atoms with E-state index in [0.29, 0.717) is 23.6 Å². The first-order chi connectivity index (χ1) is 19.3. The van der Waals surface area contributed by atoms with Crippen LogP contribution in [0.1, 0.15) is 58.7 Å². The van der Waals surface area contributed by atoms with Crippen molar-refractivity contribution in [2.24, 2.45) is 11.7 Å². The number of para-hydroxylation sites is 1. The zero-order chi connectivity index (χ0) is 27.8. The molecule has 11 nitrogen and oxygen atoms in total. The maximum absolute atomic E-state index is 13.2. The van der Waals surface area contributed by atoms with Crippen molar-refractivity contribution in [2.75, 3.05) is 12.4 Å². The summed E-state index contributed by atoms with van der Waals surface area (Å²) < 4.78 is 23.8. The largest absolute Gasteiger partial charge is 0.469 e. The van der Waals surface area contributed by atoms with Gasteiger partial charge in [0, 0.05) is 11.3 Å². The molecule has 3 aliphatic heterocycles. The van der Waals surface area contributed by atoms with Crippen molar-refractivity contribution in [3.05, 3.63) is 82.8 Å². The number of hydrogen-bond donors (Lipinski definition) is 3. The van der Waals surface area contributed by atoms with E-state index in [0.717, 1.165) is 22.4 Å². The summed E-state index contributed by atoms with van der Waals surface area (Å²) in [6.07, 6.45) is 0.983. The highest BCUT2D eigenvalue weighted by molar-refractivity contribution is 5.87. The predicted molar refractivity (Wildman–Crippen MR) is 142 cm³/mol. The molecule has 204 valence electrons. The van der Waals surface area contributed by atoms with Crippen molar-refractivity contribution in [2.45, 2.75) is 44.0 Å². The molecule has 4 atom stereocenters. The Hall–Kier alpha value is -4.64. The number of benzene rings is 2. The van der Waals surface area contributed by atoms with Crippen molar-refractivity contribution in [1.82, 2.24) is 15.3 Å². The van der Waals surface area contributed by atoms with Crippen molar-refractivity contribution in [3.8, 4) is 17.3 Å². The number of carbonyl (C=O) groups excluding carboxylic acids is 2. The van der Waals surface area contributed by atoms with E-state index < -0.39 is 29.7 Å². The molecule has 3 aliphatic rings. The van der Waals surface area contributed by atoms with Crippen LogP contribution < -0.4 is 21.1 Å². The number of anilines is 1. The second kappa shape index (κ2) is 8.68. The van der Waals surface area contributed by atoms with Crippen LogP contribution in [0.5, 0.6) is 5.75 Å². The molecule has 1 unspecified atom stereocenters. The molecule has 0 saturated heterocycles. The molecule has 4 N–H and O–H groups in total. The van der Waals surface area contributed by atoms with Crippen molar-refractivity contribution in [1.29, 1.82) is 0 Å². The highest BCUT2D eigenvalue weighted by Crippen LogP contribution is 2.59. The molecular formula is C29H27N5O6. The molecule has 2 aromatic heterocycles. The van der Waals surface area contributed by atoms with Gasteiger partial charge in [0.1, 0.15) is 23.5 Å². The van der Waals surface area contributed by atoms with Gasteiger partial charge in [0.2, 0.25) is 17.7 Å². The normalized spacial score (nSPS) is 24.2. The summed E-state index contributed by atoms with van der Waals surface area (Å²) in [7, 11) is 1.27. The fourth-order valence-electron chi connectivity index (χ4n) is 5.94. The number of amides is 1. The maximum atomic E-state index is 13.2. The number of esters is 1. The lowest BCUT2D eigenvalue weighted by atomic mass is 9.72. The van der Waals surface area contributed by atoms with Crippen LogP contribution in [0.3, 0.4) is 0 Å². The quantitative estimate of drug-likeness (QED) is 0.329. The van der Waals surface area contributed by atoms with Gasteiger partial charge in [-0.1, -0.05) is 44.2 Å². The number of nitrogens with zero attached hydrogens (tertiary/aromatic N) is 2. The Balaban J connectivity index is 1.56. The van der Waals surface area contributed by atoms with Gasteiger partial charge in [0.05, 0.1) is 13.2 Å². The molecule has 4 bridgehead atoms. The number of hydrogen-bond acceptors (Lipinski definition) is 10. The molecule has 1 amide bonds. The number of rotatable bonds is 3. The highest BCUT2D eigenvalue weighted by atomic mass is 16.5. The third kappa shape index (κ3) is 3.33. The predicted octanol–water partition coefficient (Wildman–Crippen LogP) is 3.29. The SMILES string of the molecule is COC(=O)c1coc(-c2nc3oc2C24c5ccccc5N[C@H]2Oc2ccc(cc24)C[C@H](N)C(=O)N[C@H]3C(C)C)n1. The van der Waals surface area contributed by atoms with Crippen LogP contribution >= 0.6 is 0 Å². The minimum Gasteiger partial charge on any atom is -0.469 e. The third-order valence-electron chi connectivity index (χ3n) is 7.87. The fraction of sp³-hybridized carbons (Fsp3) is 0.310. The molecule has 11 heteroatoms. The molecule has 40 heavy (non-hydrogen) atoms. The van der Waals surface area contributed by atoms with Gasteiger partial charge in [0.15, 0.2) is 23.4 Å². The van der Waals surface area contributed by atoms with E-state index in [1.165, 1.54) is 13.4 Å². The van der Waals surface area contributed by atoms with Crippen molar-refractivity contribution in [3.63, 3.8) is 0 Å². The summed E-state index contributed by atoms with van der Waals surface area (Å²) in [5.41, 5.74) is 9.19. The van der Waals surface area contributed by atoms with E-state index in [1.54, 1.807) is 0 Å². The minimum absolute atomic E-state index is 0.00467. The van der Waals surface area contributed by atoms with Crippen LogP contribution in [0.2, 0.25) is 0 Å². The van der Waals surface area contributed by atoms with Crippen LogP contribution in [0.25, 0.3) is 11.6 Å². The van der Waals surface area contributed by atoms with E-state index >= 15 is 0 Å². The number of carbonyl (C=O) groups is 2. The number of oxazole rings is 2. The molecule has 2 aromatic carbocycles. The van der Waals surface area contributed by atoms with Gasteiger partial charge in [0.25, 0.3) is 0 Å². The van der Waals surface area contributed by atoms with Gasteiger partial charge in [-0.05, 0) is 35.6 Å². The molecule has 0 fully saturated rings. The lowest BCUT2D eigenvalue weighted by Gasteiger charge is -2.28. The van der Waals surface area contributed by atoms with Gasteiger partial charge < -0.3 is 34.7 Å². The second-order valence-corrected chi connectivity index (χ2v) is 10.6. The number of methoxy groups -OCH3 is 1. The van der Waals surface area contributed by atoms with Crippen molar-refractivity contribution >= 4 is 17.6 Å². The number of aromatic nitrogens is 2. The molecule has 1 spiro atoms. The summed E-state index contributed by atoms with van der Waals surface area (Å²) in [4.78, 5) is 34.7. The van der Waals surface area contributed by atoms with E-state index in [9.17, 15) is 9.59 Å². The lowest BCUT2D eigenvalue weighted by Crippen LogP contribution is -2.45. The van der Waals surface area contributed by atoms with Gasteiger partial charge in [-0.3, -0.25) is 4.79 Å². The number of fused-ring (bicyclic) bond motifs is 4. The summed E-state index contributed by atoms with van der Waals surface area (Å²) >= 11 is 0. The molecule has 7 rings (SSSR count). The number of ether oxygens (including phenoxy) is 2. The van der Waals surface area contributed by atoms with Crippen LogP contribution in [-0.2, 0) is 21.4 Å². The van der Waals surface area contributed by atoms with E-state index in [-0.39, 0.29) is 29.3 Å². The molecule has 0 aliphatic carbocycles. The topological polar surface area (TPSA) is 155 Å². The van der Waals surface area contributed by atoms with Gasteiger partial charge in [-0.2, -0.15) is 0 Å². The maximum Gasteiger partial charge on any atom is 0.360 e. The Morgan fingerprint density at radius 2 is 1.98 bits per heavy atom. The Morgan fingerprint density at radius 1 is 1.15 bits per heavy atom. The molecule has 4 aromatic rings. The lowest BCUT2D eigenvalue weighted by molar-refractivity contribution is -0.123. The third-order valence-corrected chi connectivity index (χ3v) is 7.87. The standard InChI is InChI=1S/C29H27N5O6/c1-13(2)21-26-34-22(25-31-19(12-38-25)27(36)37-3)23(40-26)29-15-6-4-5-7-18(15)32-28(29)39-20-9-8-14(10-16(20)29)11-17(30)24(35)33-21/h4-10,12-13,17,21,28,32H,11,30H2,1-3H3,(H,33,35)/t17-,21-,28-,29?/m0/s1. The number of nitrogens with one attached hydrogen (secondary N) is 2. The fourth-order valence-corrected chi connectivity index (χ4v) is 5.94.